The second-order valence-electron chi connectivity index (χ2n) is 5.17. The number of carbonyl (C=O) groups excluding carboxylic acids is 1. The Hall–Kier alpha value is -2.45. The second-order valence-corrected chi connectivity index (χ2v) is 6.85. The molecule has 0 unspecified atom stereocenters. The van der Waals surface area contributed by atoms with Gasteiger partial charge in [-0.3, -0.25) is 10.2 Å². The van der Waals surface area contributed by atoms with Crippen LogP contribution in [-0.4, -0.2) is 20.9 Å². The van der Waals surface area contributed by atoms with Gasteiger partial charge in [0.15, 0.2) is 6.61 Å². The maximum absolute atomic E-state index is 13.1. The van der Waals surface area contributed by atoms with E-state index in [4.69, 9.17) is 4.74 Å². The van der Waals surface area contributed by atoms with Gasteiger partial charge in [0.1, 0.15) is 11.6 Å². The zero-order valence-electron chi connectivity index (χ0n) is 13.2. The average Bonchev–Trinajstić information content (AvgIpc) is 2.54. The molecule has 0 fully saturated rings. The van der Waals surface area contributed by atoms with Gasteiger partial charge in [0, 0.05) is 0 Å². The lowest BCUT2D eigenvalue weighted by Crippen LogP contribution is -2.43. The molecule has 128 valence electrons. The van der Waals surface area contributed by atoms with E-state index < -0.39 is 21.7 Å². The maximum Gasteiger partial charge on any atom is 0.272 e. The van der Waals surface area contributed by atoms with Crippen LogP contribution in [-0.2, 0) is 14.8 Å². The van der Waals surface area contributed by atoms with Crippen molar-refractivity contribution in [1.82, 2.24) is 10.3 Å². The summed E-state index contributed by atoms with van der Waals surface area (Å²) < 4.78 is 42.3. The van der Waals surface area contributed by atoms with E-state index in [0.29, 0.717) is 5.75 Å². The number of sulfonamides is 1. The Kier molecular flexibility index (Phi) is 5.53. The van der Waals surface area contributed by atoms with Gasteiger partial charge in [-0.15, -0.1) is 4.83 Å². The zero-order valence-corrected chi connectivity index (χ0v) is 14.0. The number of carbonyl (C=O) groups is 1. The Labute approximate surface area is 139 Å². The Morgan fingerprint density at radius 1 is 1.17 bits per heavy atom. The smallest absolute Gasteiger partial charge is 0.272 e. The van der Waals surface area contributed by atoms with Crippen LogP contribution in [0.4, 0.5) is 4.39 Å². The first kappa shape index (κ1) is 17.9. The molecule has 0 aliphatic rings. The first-order valence-electron chi connectivity index (χ1n) is 7.04. The van der Waals surface area contributed by atoms with E-state index in [0.717, 1.165) is 23.3 Å². The molecule has 0 heterocycles. The Bertz CT molecular complexity index is 853. The minimum Gasteiger partial charge on any atom is -0.483 e. The summed E-state index contributed by atoms with van der Waals surface area (Å²) in [6.07, 6.45) is 0. The molecule has 0 saturated heterocycles. The molecule has 2 aromatic rings. The van der Waals surface area contributed by atoms with Gasteiger partial charge in [-0.2, -0.15) is 0 Å². The highest BCUT2D eigenvalue weighted by atomic mass is 32.2. The van der Waals surface area contributed by atoms with Crippen LogP contribution < -0.4 is 15.0 Å². The minimum absolute atomic E-state index is 0.293. The molecule has 0 atom stereocenters. The highest BCUT2D eigenvalue weighted by molar-refractivity contribution is 7.89. The Morgan fingerprint density at radius 2 is 1.92 bits per heavy atom. The molecule has 0 bridgehead atoms. The van der Waals surface area contributed by atoms with Crippen molar-refractivity contribution in [2.45, 2.75) is 18.7 Å². The first-order chi connectivity index (χ1) is 11.3. The normalized spacial score (nSPS) is 11.1. The van der Waals surface area contributed by atoms with E-state index in [-0.39, 0.29) is 11.5 Å². The SMILES string of the molecule is Cc1ccc(C)c(OCC(=O)NNS(=O)(=O)c2cccc(F)c2)c1. The fourth-order valence-electron chi connectivity index (χ4n) is 1.86. The number of amides is 1. The van der Waals surface area contributed by atoms with E-state index in [1.807, 2.05) is 36.2 Å². The van der Waals surface area contributed by atoms with E-state index in [1.165, 1.54) is 12.1 Å². The summed E-state index contributed by atoms with van der Waals surface area (Å²) in [5, 5.41) is 0. The van der Waals surface area contributed by atoms with Crippen LogP contribution in [0.5, 0.6) is 5.75 Å². The molecule has 6 nitrogen and oxygen atoms in total. The molecule has 8 heteroatoms. The summed E-state index contributed by atoms with van der Waals surface area (Å²) in [5.74, 6) is -0.837. The molecule has 1 amide bonds. The van der Waals surface area contributed by atoms with E-state index in [2.05, 4.69) is 0 Å². The molecule has 0 saturated carbocycles. The maximum atomic E-state index is 13.1. The molecular weight excluding hydrogens is 335 g/mol. The molecule has 0 spiro atoms. The predicted molar refractivity (Wildman–Crippen MR) is 86.3 cm³/mol. The van der Waals surface area contributed by atoms with Crippen molar-refractivity contribution in [2.75, 3.05) is 6.61 Å². The van der Waals surface area contributed by atoms with Crippen molar-refractivity contribution in [3.8, 4) is 5.75 Å². The summed E-state index contributed by atoms with van der Waals surface area (Å²) in [6, 6.07) is 9.99. The van der Waals surface area contributed by atoms with Gasteiger partial charge < -0.3 is 4.74 Å². The van der Waals surface area contributed by atoms with Gasteiger partial charge in [-0.05, 0) is 49.2 Å². The lowest BCUT2D eigenvalue weighted by atomic mass is 10.1. The van der Waals surface area contributed by atoms with Crippen LogP contribution in [0.2, 0.25) is 0 Å². The number of rotatable bonds is 6. The molecule has 0 aromatic heterocycles. The van der Waals surface area contributed by atoms with Gasteiger partial charge in [-0.1, -0.05) is 18.2 Å². The van der Waals surface area contributed by atoms with Crippen molar-refractivity contribution in [1.29, 1.82) is 0 Å². The summed E-state index contributed by atoms with van der Waals surface area (Å²) in [7, 11) is -4.05. The highest BCUT2D eigenvalue weighted by Crippen LogP contribution is 2.18. The number of nitrogens with one attached hydrogen (secondary N) is 2. The lowest BCUT2D eigenvalue weighted by molar-refractivity contribution is -0.123. The van der Waals surface area contributed by atoms with Crippen LogP contribution in [0.25, 0.3) is 0 Å². The fraction of sp³-hybridized carbons (Fsp3) is 0.188. The molecule has 0 radical (unpaired) electrons. The van der Waals surface area contributed by atoms with Crippen LogP contribution >= 0.6 is 0 Å². The third-order valence-electron chi connectivity index (χ3n) is 3.13. The third-order valence-corrected chi connectivity index (χ3v) is 4.38. The van der Waals surface area contributed by atoms with Gasteiger partial charge in [0.05, 0.1) is 4.90 Å². The van der Waals surface area contributed by atoms with E-state index in [1.54, 1.807) is 6.07 Å². The van der Waals surface area contributed by atoms with Crippen molar-refractivity contribution in [3.05, 3.63) is 59.4 Å². The number of hydrazine groups is 1. The largest absolute Gasteiger partial charge is 0.483 e. The molecular formula is C16H17FN2O4S. The van der Waals surface area contributed by atoms with Crippen molar-refractivity contribution in [2.24, 2.45) is 0 Å². The van der Waals surface area contributed by atoms with Gasteiger partial charge >= 0.3 is 0 Å². The quantitative estimate of drug-likeness (QED) is 0.777. The van der Waals surface area contributed by atoms with E-state index in [9.17, 15) is 17.6 Å². The number of aryl methyl sites for hydroxylation is 2. The van der Waals surface area contributed by atoms with Crippen molar-refractivity contribution < 1.29 is 22.3 Å². The Balaban J connectivity index is 1.92. The summed E-state index contributed by atoms with van der Waals surface area (Å²) >= 11 is 0. The third kappa shape index (κ3) is 4.77. The van der Waals surface area contributed by atoms with Crippen molar-refractivity contribution in [3.63, 3.8) is 0 Å². The summed E-state index contributed by atoms with van der Waals surface area (Å²) in [4.78, 5) is 13.3. The van der Waals surface area contributed by atoms with Gasteiger partial charge in [0.2, 0.25) is 0 Å². The number of hydrogen-bond donors (Lipinski definition) is 2. The summed E-state index contributed by atoms with van der Waals surface area (Å²) in [5.41, 5.74) is 3.85. The molecule has 0 aliphatic heterocycles. The second kappa shape index (κ2) is 7.41. The predicted octanol–water partition coefficient (Wildman–Crippen LogP) is 1.83. The minimum atomic E-state index is -4.05. The standard InChI is InChI=1S/C16H17FN2O4S/c1-11-6-7-12(2)15(8-11)23-10-16(20)18-19-24(21,22)14-5-3-4-13(17)9-14/h3-9,19H,10H2,1-2H3,(H,18,20). The monoisotopic (exact) mass is 352 g/mol. The van der Waals surface area contributed by atoms with Crippen molar-refractivity contribution >= 4 is 15.9 Å². The number of benzene rings is 2. The zero-order chi connectivity index (χ0) is 17.7. The number of halogens is 1. The average molecular weight is 352 g/mol. The number of hydrogen-bond acceptors (Lipinski definition) is 4. The van der Waals surface area contributed by atoms with Crippen LogP contribution in [0.15, 0.2) is 47.4 Å². The molecule has 24 heavy (non-hydrogen) atoms. The molecule has 2 N–H and O–H groups in total. The molecule has 2 aromatic carbocycles. The molecule has 2 rings (SSSR count). The first-order valence-corrected chi connectivity index (χ1v) is 8.52. The molecule has 0 aliphatic carbocycles. The Morgan fingerprint density at radius 3 is 2.62 bits per heavy atom. The topological polar surface area (TPSA) is 84.5 Å². The van der Waals surface area contributed by atoms with Gasteiger partial charge in [0.25, 0.3) is 15.9 Å². The van der Waals surface area contributed by atoms with Crippen LogP contribution in [0, 0.1) is 19.7 Å². The van der Waals surface area contributed by atoms with Crippen LogP contribution in [0.1, 0.15) is 11.1 Å². The van der Waals surface area contributed by atoms with Gasteiger partial charge in [-0.25, -0.2) is 12.8 Å². The van der Waals surface area contributed by atoms with Crippen LogP contribution in [0.3, 0.4) is 0 Å². The van der Waals surface area contributed by atoms with E-state index >= 15 is 0 Å². The fourth-order valence-corrected chi connectivity index (χ4v) is 2.75. The lowest BCUT2D eigenvalue weighted by Gasteiger charge is -2.11. The number of ether oxygens (including phenoxy) is 1. The highest BCUT2D eigenvalue weighted by Gasteiger charge is 2.16. The summed E-state index contributed by atoms with van der Waals surface area (Å²) in [6.45, 7) is 3.36.